The first kappa shape index (κ1) is 12.4. The van der Waals surface area contributed by atoms with Crippen LogP contribution in [0.5, 0.6) is 0 Å². The summed E-state index contributed by atoms with van der Waals surface area (Å²) in [5.41, 5.74) is 11.2. The van der Waals surface area contributed by atoms with Crippen molar-refractivity contribution >= 4 is 23.4 Å². The Labute approximate surface area is 105 Å². The minimum absolute atomic E-state index is 0.000821. The molecule has 2 rings (SSSR count). The Balaban J connectivity index is 1.90. The molecular weight excluding hydrogens is 236 g/mol. The fraction of sp³-hybridized carbons (Fsp3) is 0.636. The van der Waals surface area contributed by atoms with Crippen molar-refractivity contribution in [3.63, 3.8) is 0 Å². The van der Waals surface area contributed by atoms with Crippen LogP contribution in [0.3, 0.4) is 0 Å². The fourth-order valence-electron chi connectivity index (χ4n) is 1.89. The van der Waals surface area contributed by atoms with Gasteiger partial charge in [-0.2, -0.15) is 0 Å². The molecule has 0 bridgehead atoms. The van der Waals surface area contributed by atoms with Crippen molar-refractivity contribution in [3.8, 4) is 0 Å². The molecule has 0 amide bonds. The fourth-order valence-corrected chi connectivity index (χ4v) is 2.80. The molecule has 2 heterocycles. The van der Waals surface area contributed by atoms with Gasteiger partial charge in [0.25, 0.3) is 0 Å². The molecule has 0 spiro atoms. The van der Waals surface area contributed by atoms with Crippen molar-refractivity contribution in [1.29, 1.82) is 0 Å². The Morgan fingerprint density at radius 3 is 2.59 bits per heavy atom. The van der Waals surface area contributed by atoms with Crippen LogP contribution < -0.4 is 11.5 Å². The van der Waals surface area contributed by atoms with E-state index in [1.165, 1.54) is 11.8 Å². The largest absolute Gasteiger partial charge is 0.383 e. The highest BCUT2D eigenvalue weighted by atomic mass is 32.2. The normalized spacial score (nSPS) is 22.8. The summed E-state index contributed by atoms with van der Waals surface area (Å²) in [5, 5.41) is 0.621. The molecule has 1 aromatic heterocycles. The van der Waals surface area contributed by atoms with Crippen molar-refractivity contribution in [2.75, 3.05) is 17.2 Å². The minimum atomic E-state index is 0.000821. The molecule has 0 aromatic carbocycles. The van der Waals surface area contributed by atoms with E-state index in [0.29, 0.717) is 16.8 Å². The van der Waals surface area contributed by atoms with E-state index in [4.69, 9.17) is 16.2 Å². The molecule has 1 unspecified atom stereocenters. The molecule has 94 valence electrons. The Hall–Kier alpha value is -1.01. The van der Waals surface area contributed by atoms with Crippen molar-refractivity contribution in [3.05, 3.63) is 6.07 Å². The van der Waals surface area contributed by atoms with Gasteiger partial charge in [-0.15, -0.1) is 0 Å². The Bertz CT molecular complexity index is 390. The zero-order chi connectivity index (χ0) is 12.5. The number of hydrogen-bond donors (Lipinski definition) is 2. The number of thioether (sulfide) groups is 1. The molecule has 0 saturated carbocycles. The monoisotopic (exact) mass is 254 g/mol. The highest BCUT2D eigenvalue weighted by Gasteiger charge is 2.31. The minimum Gasteiger partial charge on any atom is -0.383 e. The van der Waals surface area contributed by atoms with Crippen molar-refractivity contribution in [2.45, 2.75) is 43.6 Å². The number of hydrogen-bond acceptors (Lipinski definition) is 6. The highest BCUT2D eigenvalue weighted by Crippen LogP contribution is 2.32. The lowest BCUT2D eigenvalue weighted by molar-refractivity contribution is -0.00468. The Morgan fingerprint density at radius 1 is 1.41 bits per heavy atom. The van der Waals surface area contributed by atoms with Crippen LogP contribution in [0.25, 0.3) is 0 Å². The molecule has 1 fully saturated rings. The van der Waals surface area contributed by atoms with Gasteiger partial charge in [-0.3, -0.25) is 0 Å². The zero-order valence-corrected chi connectivity index (χ0v) is 11.0. The lowest BCUT2D eigenvalue weighted by atomic mass is 10.1. The summed E-state index contributed by atoms with van der Waals surface area (Å²) in [5.74, 6) is 1.66. The van der Waals surface area contributed by atoms with Crippen LogP contribution in [-0.2, 0) is 4.74 Å². The zero-order valence-electron chi connectivity index (χ0n) is 10.1. The predicted octanol–water partition coefficient (Wildman–Crippen LogP) is 1.69. The molecule has 6 heteroatoms. The topological polar surface area (TPSA) is 87.0 Å². The maximum Gasteiger partial charge on any atom is 0.191 e. The first-order chi connectivity index (χ1) is 7.94. The summed E-state index contributed by atoms with van der Waals surface area (Å²) in [6, 6.07) is 1.55. The van der Waals surface area contributed by atoms with Crippen molar-refractivity contribution in [2.24, 2.45) is 0 Å². The smallest absolute Gasteiger partial charge is 0.191 e. The van der Waals surface area contributed by atoms with E-state index < -0.39 is 0 Å². The molecule has 1 atom stereocenters. The second-order valence-corrected chi connectivity index (χ2v) is 5.84. The molecule has 17 heavy (non-hydrogen) atoms. The van der Waals surface area contributed by atoms with E-state index in [0.717, 1.165) is 18.6 Å². The molecule has 5 nitrogen and oxygen atoms in total. The third kappa shape index (κ3) is 3.47. The molecule has 4 N–H and O–H groups in total. The van der Waals surface area contributed by atoms with Crippen LogP contribution in [0.15, 0.2) is 11.2 Å². The third-order valence-corrected chi connectivity index (χ3v) is 3.68. The summed E-state index contributed by atoms with van der Waals surface area (Å²) < 4.78 is 5.89. The number of nitrogens with two attached hydrogens (primary N) is 2. The molecule has 1 aliphatic heterocycles. The van der Waals surface area contributed by atoms with Gasteiger partial charge in [0.05, 0.1) is 11.7 Å². The molecule has 0 radical (unpaired) electrons. The first-order valence-corrected chi connectivity index (χ1v) is 6.64. The highest BCUT2D eigenvalue weighted by molar-refractivity contribution is 7.99. The van der Waals surface area contributed by atoms with Gasteiger partial charge in [0.2, 0.25) is 0 Å². The SMILES string of the molecule is CC1(C)CCC(CSc2nc(N)cc(N)n2)O1. The summed E-state index contributed by atoms with van der Waals surface area (Å²) in [4.78, 5) is 8.25. The summed E-state index contributed by atoms with van der Waals surface area (Å²) in [6.45, 7) is 4.24. The third-order valence-electron chi connectivity index (χ3n) is 2.70. The van der Waals surface area contributed by atoms with Crippen LogP contribution in [0.4, 0.5) is 11.6 Å². The van der Waals surface area contributed by atoms with Crippen LogP contribution in [-0.4, -0.2) is 27.4 Å². The summed E-state index contributed by atoms with van der Waals surface area (Å²) >= 11 is 1.54. The predicted molar refractivity (Wildman–Crippen MR) is 69.8 cm³/mol. The maximum absolute atomic E-state index is 5.89. The Kier molecular flexibility index (Phi) is 3.44. The van der Waals surface area contributed by atoms with Gasteiger partial charge >= 0.3 is 0 Å². The molecule has 0 aliphatic carbocycles. The second-order valence-electron chi connectivity index (χ2n) is 4.85. The van der Waals surface area contributed by atoms with E-state index in [1.54, 1.807) is 6.07 Å². The van der Waals surface area contributed by atoms with Crippen LogP contribution in [0.2, 0.25) is 0 Å². The standard InChI is InChI=1S/C11H18N4OS/c1-11(2)4-3-7(16-11)6-17-10-14-8(12)5-9(13)15-10/h5,7H,3-4,6H2,1-2H3,(H4,12,13,14,15). The number of ether oxygens (including phenoxy) is 1. The first-order valence-electron chi connectivity index (χ1n) is 5.65. The van der Waals surface area contributed by atoms with Crippen LogP contribution in [0, 0.1) is 0 Å². The van der Waals surface area contributed by atoms with Gasteiger partial charge in [-0.1, -0.05) is 11.8 Å². The van der Waals surface area contributed by atoms with Crippen molar-refractivity contribution < 1.29 is 4.74 Å². The Morgan fingerprint density at radius 2 is 2.06 bits per heavy atom. The second kappa shape index (κ2) is 4.70. The molecule has 1 aliphatic rings. The molecule has 1 aromatic rings. The quantitative estimate of drug-likeness (QED) is 0.630. The maximum atomic E-state index is 5.89. The number of rotatable bonds is 3. The lowest BCUT2D eigenvalue weighted by Gasteiger charge is -2.18. The van der Waals surface area contributed by atoms with E-state index in [2.05, 4.69) is 23.8 Å². The van der Waals surface area contributed by atoms with E-state index in [-0.39, 0.29) is 11.7 Å². The van der Waals surface area contributed by atoms with Gasteiger partial charge in [0.1, 0.15) is 11.6 Å². The average molecular weight is 254 g/mol. The van der Waals surface area contributed by atoms with E-state index >= 15 is 0 Å². The van der Waals surface area contributed by atoms with Gasteiger partial charge in [0.15, 0.2) is 5.16 Å². The van der Waals surface area contributed by atoms with Gasteiger partial charge in [-0.05, 0) is 26.7 Å². The van der Waals surface area contributed by atoms with Crippen LogP contribution in [0.1, 0.15) is 26.7 Å². The summed E-state index contributed by atoms with van der Waals surface area (Å²) in [6.07, 6.45) is 2.44. The van der Waals surface area contributed by atoms with E-state index in [1.807, 2.05) is 0 Å². The van der Waals surface area contributed by atoms with Gasteiger partial charge in [0, 0.05) is 11.8 Å². The molecular formula is C11H18N4OS. The number of anilines is 2. The molecule has 1 saturated heterocycles. The summed E-state index contributed by atoms with van der Waals surface area (Å²) in [7, 11) is 0. The number of nitrogens with zero attached hydrogens (tertiary/aromatic N) is 2. The number of aromatic nitrogens is 2. The number of nitrogen functional groups attached to an aromatic ring is 2. The van der Waals surface area contributed by atoms with Crippen molar-refractivity contribution in [1.82, 2.24) is 9.97 Å². The average Bonchev–Trinajstić information content (AvgIpc) is 2.54. The van der Waals surface area contributed by atoms with Gasteiger partial charge < -0.3 is 16.2 Å². The lowest BCUT2D eigenvalue weighted by Crippen LogP contribution is -2.21. The van der Waals surface area contributed by atoms with Crippen LogP contribution >= 0.6 is 11.8 Å². The van der Waals surface area contributed by atoms with Gasteiger partial charge in [-0.25, -0.2) is 9.97 Å². The van der Waals surface area contributed by atoms with E-state index in [9.17, 15) is 0 Å².